The van der Waals surface area contributed by atoms with Gasteiger partial charge < -0.3 is 14.9 Å². The summed E-state index contributed by atoms with van der Waals surface area (Å²) in [5.74, 6) is -0.159. The highest BCUT2D eigenvalue weighted by atomic mass is 16.3. The Labute approximate surface area is 130 Å². The van der Waals surface area contributed by atoms with Crippen molar-refractivity contribution in [2.45, 2.75) is 44.9 Å². The molecule has 118 valence electrons. The molecule has 0 aliphatic carbocycles. The quantitative estimate of drug-likeness (QED) is 0.918. The van der Waals surface area contributed by atoms with Gasteiger partial charge in [-0.1, -0.05) is 18.2 Å². The lowest BCUT2D eigenvalue weighted by Crippen LogP contribution is -2.50. The average Bonchev–Trinajstić information content (AvgIpc) is 3.05. The SMILES string of the molecule is CC(C)(O)C1CCCN1C(=O)CN1Cc2ccccc2C1=O. The van der Waals surface area contributed by atoms with Crippen molar-refractivity contribution in [3.05, 3.63) is 35.4 Å². The third-order valence-electron chi connectivity index (χ3n) is 4.61. The predicted molar refractivity (Wildman–Crippen MR) is 82.2 cm³/mol. The van der Waals surface area contributed by atoms with Crippen LogP contribution in [0.4, 0.5) is 0 Å². The minimum Gasteiger partial charge on any atom is -0.388 e. The number of carbonyl (C=O) groups is 2. The third kappa shape index (κ3) is 2.61. The number of hydrogen-bond donors (Lipinski definition) is 1. The van der Waals surface area contributed by atoms with E-state index < -0.39 is 5.60 Å². The van der Waals surface area contributed by atoms with Gasteiger partial charge in [0.05, 0.1) is 11.6 Å². The van der Waals surface area contributed by atoms with Crippen molar-refractivity contribution in [3.8, 4) is 0 Å². The van der Waals surface area contributed by atoms with Crippen molar-refractivity contribution < 1.29 is 14.7 Å². The van der Waals surface area contributed by atoms with E-state index in [0.29, 0.717) is 18.7 Å². The maximum absolute atomic E-state index is 12.6. The molecule has 0 saturated carbocycles. The van der Waals surface area contributed by atoms with Crippen LogP contribution < -0.4 is 0 Å². The minimum atomic E-state index is -0.913. The lowest BCUT2D eigenvalue weighted by molar-refractivity contribution is -0.137. The van der Waals surface area contributed by atoms with Gasteiger partial charge in [-0.3, -0.25) is 9.59 Å². The lowest BCUT2D eigenvalue weighted by Gasteiger charge is -2.34. The van der Waals surface area contributed by atoms with E-state index in [4.69, 9.17) is 0 Å². The lowest BCUT2D eigenvalue weighted by atomic mass is 9.96. The molecule has 2 amide bonds. The predicted octanol–water partition coefficient (Wildman–Crippen LogP) is 1.40. The Kier molecular flexibility index (Phi) is 3.68. The zero-order chi connectivity index (χ0) is 15.9. The van der Waals surface area contributed by atoms with Gasteiger partial charge in [-0.05, 0) is 38.3 Å². The van der Waals surface area contributed by atoms with Gasteiger partial charge in [-0.25, -0.2) is 0 Å². The molecule has 2 aliphatic rings. The molecule has 5 heteroatoms. The Balaban J connectivity index is 1.70. The van der Waals surface area contributed by atoms with Crippen LogP contribution in [0.25, 0.3) is 0 Å². The summed E-state index contributed by atoms with van der Waals surface area (Å²) < 4.78 is 0. The summed E-state index contributed by atoms with van der Waals surface area (Å²) in [4.78, 5) is 28.2. The molecule has 1 aromatic rings. The van der Waals surface area contributed by atoms with E-state index in [1.165, 1.54) is 0 Å². The van der Waals surface area contributed by atoms with E-state index >= 15 is 0 Å². The first-order chi connectivity index (χ1) is 10.4. The van der Waals surface area contributed by atoms with Gasteiger partial charge in [-0.15, -0.1) is 0 Å². The number of amides is 2. The molecule has 1 unspecified atom stereocenters. The van der Waals surface area contributed by atoms with Crippen molar-refractivity contribution in [2.75, 3.05) is 13.1 Å². The van der Waals surface area contributed by atoms with Gasteiger partial charge in [0.25, 0.3) is 5.91 Å². The molecule has 2 heterocycles. The highest BCUT2D eigenvalue weighted by Crippen LogP contribution is 2.28. The maximum Gasteiger partial charge on any atom is 0.254 e. The first-order valence-corrected chi connectivity index (χ1v) is 7.77. The summed E-state index contributed by atoms with van der Waals surface area (Å²) in [5.41, 5.74) is 0.751. The van der Waals surface area contributed by atoms with Gasteiger partial charge in [-0.2, -0.15) is 0 Å². The molecule has 0 aromatic heterocycles. The fraction of sp³-hybridized carbons (Fsp3) is 0.529. The number of benzene rings is 1. The van der Waals surface area contributed by atoms with Crippen LogP contribution in [0.15, 0.2) is 24.3 Å². The highest BCUT2D eigenvalue weighted by molar-refractivity contribution is 6.00. The fourth-order valence-corrected chi connectivity index (χ4v) is 3.50. The van der Waals surface area contributed by atoms with Crippen LogP contribution in [-0.4, -0.2) is 51.5 Å². The average molecular weight is 302 g/mol. The maximum atomic E-state index is 12.6. The summed E-state index contributed by atoms with van der Waals surface area (Å²) in [6.07, 6.45) is 1.71. The second-order valence-electron chi connectivity index (χ2n) is 6.72. The largest absolute Gasteiger partial charge is 0.388 e. The van der Waals surface area contributed by atoms with Gasteiger partial charge in [0.1, 0.15) is 6.54 Å². The highest BCUT2D eigenvalue weighted by Gasteiger charge is 2.39. The molecular weight excluding hydrogens is 280 g/mol. The Morgan fingerprint density at radius 3 is 2.77 bits per heavy atom. The van der Waals surface area contributed by atoms with Crippen molar-refractivity contribution in [2.24, 2.45) is 0 Å². The second-order valence-corrected chi connectivity index (χ2v) is 6.72. The van der Waals surface area contributed by atoms with Crippen LogP contribution >= 0.6 is 0 Å². The zero-order valence-electron chi connectivity index (χ0n) is 13.1. The van der Waals surface area contributed by atoms with E-state index in [2.05, 4.69) is 0 Å². The van der Waals surface area contributed by atoms with E-state index in [0.717, 1.165) is 18.4 Å². The van der Waals surface area contributed by atoms with Gasteiger partial charge in [0.15, 0.2) is 0 Å². The molecule has 1 fully saturated rings. The van der Waals surface area contributed by atoms with Crippen molar-refractivity contribution in [1.82, 2.24) is 9.80 Å². The topological polar surface area (TPSA) is 60.9 Å². The Morgan fingerprint density at radius 2 is 2.09 bits per heavy atom. The van der Waals surface area contributed by atoms with Gasteiger partial charge >= 0.3 is 0 Å². The number of fused-ring (bicyclic) bond motifs is 1. The molecule has 22 heavy (non-hydrogen) atoms. The van der Waals surface area contributed by atoms with Crippen LogP contribution in [-0.2, 0) is 11.3 Å². The van der Waals surface area contributed by atoms with Gasteiger partial charge in [0, 0.05) is 18.7 Å². The van der Waals surface area contributed by atoms with E-state index in [1.807, 2.05) is 18.2 Å². The molecule has 1 atom stereocenters. The Hall–Kier alpha value is -1.88. The number of aliphatic hydroxyl groups is 1. The standard InChI is InChI=1S/C17H22N2O3/c1-17(2,22)14-8-5-9-19(14)15(20)11-18-10-12-6-3-4-7-13(12)16(18)21/h3-4,6-7,14,22H,5,8-11H2,1-2H3. The van der Waals surface area contributed by atoms with Crippen molar-refractivity contribution in [3.63, 3.8) is 0 Å². The Morgan fingerprint density at radius 1 is 1.36 bits per heavy atom. The first-order valence-electron chi connectivity index (χ1n) is 7.77. The normalized spacial score (nSPS) is 21.4. The summed E-state index contributed by atoms with van der Waals surface area (Å²) >= 11 is 0. The summed E-state index contributed by atoms with van der Waals surface area (Å²) in [6, 6.07) is 7.31. The fourth-order valence-electron chi connectivity index (χ4n) is 3.50. The molecule has 1 aromatic carbocycles. The molecule has 5 nitrogen and oxygen atoms in total. The van der Waals surface area contributed by atoms with Crippen LogP contribution in [0, 0.1) is 0 Å². The molecule has 1 N–H and O–H groups in total. The monoisotopic (exact) mass is 302 g/mol. The smallest absolute Gasteiger partial charge is 0.254 e. The minimum absolute atomic E-state index is 0.0780. The van der Waals surface area contributed by atoms with E-state index in [9.17, 15) is 14.7 Å². The summed E-state index contributed by atoms with van der Waals surface area (Å²) in [6.45, 7) is 4.70. The first kappa shape index (κ1) is 15.0. The number of likely N-dealkylation sites (tertiary alicyclic amines) is 1. The van der Waals surface area contributed by atoms with Crippen molar-refractivity contribution in [1.29, 1.82) is 0 Å². The summed E-state index contributed by atoms with van der Waals surface area (Å²) in [5, 5.41) is 10.2. The van der Waals surface area contributed by atoms with Gasteiger partial charge in [0.2, 0.25) is 5.91 Å². The second kappa shape index (κ2) is 5.39. The van der Waals surface area contributed by atoms with Crippen molar-refractivity contribution >= 4 is 11.8 Å². The van der Waals surface area contributed by atoms with E-state index in [1.54, 1.807) is 29.7 Å². The number of carbonyl (C=O) groups excluding carboxylic acids is 2. The van der Waals surface area contributed by atoms with Crippen LogP contribution in [0.5, 0.6) is 0 Å². The van der Waals surface area contributed by atoms with Crippen LogP contribution in [0.2, 0.25) is 0 Å². The van der Waals surface area contributed by atoms with Crippen LogP contribution in [0.3, 0.4) is 0 Å². The molecule has 0 radical (unpaired) electrons. The molecule has 2 aliphatic heterocycles. The molecular formula is C17H22N2O3. The van der Waals surface area contributed by atoms with Crippen LogP contribution in [0.1, 0.15) is 42.6 Å². The third-order valence-corrected chi connectivity index (χ3v) is 4.61. The number of hydrogen-bond acceptors (Lipinski definition) is 3. The molecule has 0 bridgehead atoms. The number of rotatable bonds is 3. The summed E-state index contributed by atoms with van der Waals surface area (Å²) in [7, 11) is 0. The molecule has 3 rings (SSSR count). The Bertz CT molecular complexity index is 606. The zero-order valence-corrected chi connectivity index (χ0v) is 13.1. The molecule has 0 spiro atoms. The molecule has 1 saturated heterocycles. The number of nitrogens with zero attached hydrogens (tertiary/aromatic N) is 2. The van der Waals surface area contributed by atoms with E-state index in [-0.39, 0.29) is 24.4 Å².